The van der Waals surface area contributed by atoms with E-state index in [1.807, 2.05) is 13.8 Å². The zero-order chi connectivity index (χ0) is 18.4. The number of anilines is 1. The number of hydrogen-bond acceptors (Lipinski definition) is 4. The van der Waals surface area contributed by atoms with Crippen LogP contribution in [0.4, 0.5) is 5.69 Å². The highest BCUT2D eigenvalue weighted by Crippen LogP contribution is 2.14. The third-order valence-electron chi connectivity index (χ3n) is 3.46. The number of hydrogen-bond donors (Lipinski definition) is 2. The highest BCUT2D eigenvalue weighted by Gasteiger charge is 2.14. The van der Waals surface area contributed by atoms with Crippen LogP contribution in [0.5, 0.6) is 0 Å². The van der Waals surface area contributed by atoms with Crippen molar-refractivity contribution in [3.05, 3.63) is 52.4 Å². The van der Waals surface area contributed by atoms with Gasteiger partial charge < -0.3 is 14.6 Å². The number of furan rings is 1. The first-order valence-corrected chi connectivity index (χ1v) is 8.91. The summed E-state index contributed by atoms with van der Waals surface area (Å²) in [6, 6.07) is 10.1. The molecule has 1 aromatic heterocycles. The zero-order valence-corrected chi connectivity index (χ0v) is 16.2. The van der Waals surface area contributed by atoms with Crippen LogP contribution in [-0.2, 0) is 0 Å². The molecule has 0 aliphatic carbocycles. The molecule has 0 saturated carbocycles. The van der Waals surface area contributed by atoms with Crippen molar-refractivity contribution >= 4 is 50.8 Å². The molecule has 2 N–H and O–H groups in total. The Kier molecular flexibility index (Phi) is 6.72. The van der Waals surface area contributed by atoms with Crippen molar-refractivity contribution in [3.8, 4) is 0 Å². The van der Waals surface area contributed by atoms with E-state index in [1.165, 1.54) is 6.07 Å². The van der Waals surface area contributed by atoms with Crippen molar-refractivity contribution in [3.63, 3.8) is 0 Å². The lowest BCUT2D eigenvalue weighted by Gasteiger charge is -2.18. The Labute approximate surface area is 159 Å². The van der Waals surface area contributed by atoms with E-state index < -0.39 is 5.91 Å². The molecule has 0 bridgehead atoms. The molecule has 0 unspecified atom stereocenters. The molecule has 6 nitrogen and oxygen atoms in total. The molecule has 0 aliphatic heterocycles. The summed E-state index contributed by atoms with van der Waals surface area (Å²) in [4.78, 5) is 25.9. The molecule has 0 spiro atoms. The fourth-order valence-electron chi connectivity index (χ4n) is 2.15. The van der Waals surface area contributed by atoms with Gasteiger partial charge in [0.05, 0.1) is 0 Å². The van der Waals surface area contributed by atoms with E-state index in [0.717, 1.165) is 0 Å². The first kappa shape index (κ1) is 19.1. The normalized spacial score (nSPS) is 10.2. The average Bonchev–Trinajstić information content (AvgIpc) is 3.03. The summed E-state index contributed by atoms with van der Waals surface area (Å²) in [6.07, 6.45) is 0. The van der Waals surface area contributed by atoms with Crippen LogP contribution in [0, 0.1) is 0 Å². The smallest absolute Gasteiger partial charge is 0.293 e. The Hall–Kier alpha value is -2.19. The number of rotatable bonds is 5. The molecule has 0 fully saturated rings. The average molecular weight is 424 g/mol. The topological polar surface area (TPSA) is 74.6 Å². The Morgan fingerprint density at radius 2 is 1.76 bits per heavy atom. The van der Waals surface area contributed by atoms with Crippen LogP contribution in [0.25, 0.3) is 0 Å². The molecule has 1 aromatic carbocycles. The van der Waals surface area contributed by atoms with E-state index in [-0.39, 0.29) is 16.8 Å². The predicted octanol–water partition coefficient (Wildman–Crippen LogP) is 3.65. The first-order chi connectivity index (χ1) is 11.9. The fourth-order valence-corrected chi connectivity index (χ4v) is 2.67. The van der Waals surface area contributed by atoms with Gasteiger partial charge in [0.25, 0.3) is 11.8 Å². The second-order valence-corrected chi connectivity index (χ2v) is 6.26. The van der Waals surface area contributed by atoms with E-state index in [2.05, 4.69) is 26.6 Å². The SMILES string of the molecule is CCN(CC)C(=O)c1ccc(NC(=S)NC(=O)c2ccc(Br)o2)cc1. The molecular formula is C17H18BrN3O3S. The minimum atomic E-state index is -0.448. The standard InChI is InChI=1S/C17H18BrN3O3S/c1-3-21(4-2)16(23)11-5-7-12(8-6-11)19-17(25)20-15(22)13-9-10-14(18)24-13/h5-10H,3-4H2,1-2H3,(H2,19,20,22,25). The van der Waals surface area contributed by atoms with Gasteiger partial charge in [-0.05, 0) is 78.4 Å². The van der Waals surface area contributed by atoms with Gasteiger partial charge in [-0.2, -0.15) is 0 Å². The molecule has 25 heavy (non-hydrogen) atoms. The number of benzene rings is 1. The highest BCUT2D eigenvalue weighted by atomic mass is 79.9. The van der Waals surface area contributed by atoms with Crippen LogP contribution >= 0.6 is 28.1 Å². The molecule has 0 atom stereocenters. The number of thiocarbonyl (C=S) groups is 1. The van der Waals surface area contributed by atoms with Gasteiger partial charge in [-0.15, -0.1) is 0 Å². The third kappa shape index (κ3) is 5.14. The van der Waals surface area contributed by atoms with E-state index in [0.29, 0.717) is 29.0 Å². The van der Waals surface area contributed by atoms with E-state index >= 15 is 0 Å². The Morgan fingerprint density at radius 1 is 1.12 bits per heavy atom. The number of amides is 2. The molecule has 1 heterocycles. The maximum Gasteiger partial charge on any atom is 0.293 e. The predicted molar refractivity (Wildman–Crippen MR) is 104 cm³/mol. The molecule has 0 saturated heterocycles. The number of nitrogens with one attached hydrogen (secondary N) is 2. The second-order valence-electron chi connectivity index (χ2n) is 5.07. The van der Waals surface area contributed by atoms with Crippen molar-refractivity contribution in [2.24, 2.45) is 0 Å². The lowest BCUT2D eigenvalue weighted by molar-refractivity contribution is 0.0772. The van der Waals surface area contributed by atoms with Gasteiger partial charge >= 0.3 is 0 Å². The lowest BCUT2D eigenvalue weighted by Crippen LogP contribution is -2.34. The number of carbonyl (C=O) groups is 2. The van der Waals surface area contributed by atoms with E-state index in [1.54, 1.807) is 35.2 Å². The van der Waals surface area contributed by atoms with Crippen LogP contribution in [0.3, 0.4) is 0 Å². The number of halogens is 1. The van der Waals surface area contributed by atoms with Crippen LogP contribution in [0.2, 0.25) is 0 Å². The van der Waals surface area contributed by atoms with Crippen LogP contribution in [0.15, 0.2) is 45.5 Å². The van der Waals surface area contributed by atoms with Crippen LogP contribution in [0.1, 0.15) is 34.8 Å². The molecule has 8 heteroatoms. The minimum Gasteiger partial charge on any atom is -0.444 e. The van der Waals surface area contributed by atoms with Crippen LogP contribution < -0.4 is 10.6 Å². The fraction of sp³-hybridized carbons (Fsp3) is 0.235. The Bertz CT molecular complexity index is 770. The second kappa shape index (κ2) is 8.77. The third-order valence-corrected chi connectivity index (χ3v) is 4.09. The van der Waals surface area contributed by atoms with Gasteiger partial charge in [-0.3, -0.25) is 14.9 Å². The van der Waals surface area contributed by atoms with Gasteiger partial charge in [0, 0.05) is 24.3 Å². The van der Waals surface area contributed by atoms with Crippen molar-refractivity contribution < 1.29 is 14.0 Å². The summed E-state index contributed by atoms with van der Waals surface area (Å²) < 4.78 is 5.62. The maximum absolute atomic E-state index is 12.3. The highest BCUT2D eigenvalue weighted by molar-refractivity contribution is 9.10. The summed E-state index contributed by atoms with van der Waals surface area (Å²) in [6.45, 7) is 5.20. The molecule has 132 valence electrons. The van der Waals surface area contributed by atoms with Crippen LogP contribution in [-0.4, -0.2) is 34.9 Å². The first-order valence-electron chi connectivity index (χ1n) is 7.71. The lowest BCUT2D eigenvalue weighted by atomic mass is 10.2. The molecule has 0 aliphatic rings. The molecule has 0 radical (unpaired) electrons. The summed E-state index contributed by atoms with van der Waals surface area (Å²) in [5.41, 5.74) is 1.27. The minimum absolute atomic E-state index is 0.0178. The van der Waals surface area contributed by atoms with Gasteiger partial charge in [-0.1, -0.05) is 0 Å². The van der Waals surface area contributed by atoms with Gasteiger partial charge in [0.15, 0.2) is 15.5 Å². The van der Waals surface area contributed by atoms with Gasteiger partial charge in [0.2, 0.25) is 0 Å². The Morgan fingerprint density at radius 3 is 2.28 bits per heavy atom. The Balaban J connectivity index is 1.95. The number of carbonyl (C=O) groups excluding carboxylic acids is 2. The van der Waals surface area contributed by atoms with E-state index in [9.17, 15) is 9.59 Å². The number of nitrogens with zero attached hydrogens (tertiary/aromatic N) is 1. The monoisotopic (exact) mass is 423 g/mol. The molecular weight excluding hydrogens is 406 g/mol. The quantitative estimate of drug-likeness (QED) is 0.717. The van der Waals surface area contributed by atoms with Crippen molar-refractivity contribution in [1.29, 1.82) is 0 Å². The van der Waals surface area contributed by atoms with Gasteiger partial charge in [-0.25, -0.2) is 0 Å². The molecule has 2 aromatic rings. The van der Waals surface area contributed by atoms with Gasteiger partial charge in [0.1, 0.15) is 0 Å². The van der Waals surface area contributed by atoms with Crippen molar-refractivity contribution in [2.45, 2.75) is 13.8 Å². The summed E-state index contributed by atoms with van der Waals surface area (Å²) in [5, 5.41) is 5.56. The van der Waals surface area contributed by atoms with Crippen molar-refractivity contribution in [2.75, 3.05) is 18.4 Å². The maximum atomic E-state index is 12.3. The molecule has 2 rings (SSSR count). The summed E-state index contributed by atoms with van der Waals surface area (Å²) in [7, 11) is 0. The summed E-state index contributed by atoms with van der Waals surface area (Å²) in [5.74, 6) is -0.316. The zero-order valence-electron chi connectivity index (χ0n) is 13.8. The molecule has 2 amide bonds. The largest absolute Gasteiger partial charge is 0.444 e. The summed E-state index contributed by atoms with van der Waals surface area (Å²) >= 11 is 8.24. The van der Waals surface area contributed by atoms with Crippen molar-refractivity contribution in [1.82, 2.24) is 10.2 Å². The van der Waals surface area contributed by atoms with E-state index in [4.69, 9.17) is 16.6 Å².